The van der Waals surface area contributed by atoms with E-state index in [1.807, 2.05) is 6.92 Å². The number of carbonyl (C=O) groups is 1. The summed E-state index contributed by atoms with van der Waals surface area (Å²) in [5.41, 5.74) is 1.75. The van der Waals surface area contributed by atoms with Gasteiger partial charge in [0, 0.05) is 18.9 Å². The second-order valence-corrected chi connectivity index (χ2v) is 8.69. The highest BCUT2D eigenvalue weighted by Gasteiger charge is 2.35. The molecular formula is C20H22N4O4S. The molecule has 152 valence electrons. The fraction of sp³-hybridized carbons (Fsp3) is 0.300. The number of anilines is 1. The zero-order valence-electron chi connectivity index (χ0n) is 16.4. The number of hydrogen-bond donors (Lipinski definition) is 2. The summed E-state index contributed by atoms with van der Waals surface area (Å²) in [6, 6.07) is 6.54. The molecule has 0 fully saturated rings. The van der Waals surface area contributed by atoms with Crippen LogP contribution in [0.5, 0.6) is 5.75 Å². The first-order valence-electron chi connectivity index (χ1n) is 8.97. The molecule has 2 aromatic rings. The van der Waals surface area contributed by atoms with Crippen molar-refractivity contribution in [2.24, 2.45) is 13.0 Å². The molecule has 2 heterocycles. The fourth-order valence-electron chi connectivity index (χ4n) is 3.07. The molecule has 3 rings (SSSR count). The van der Waals surface area contributed by atoms with Crippen molar-refractivity contribution >= 4 is 21.6 Å². The Morgan fingerprint density at radius 2 is 2.24 bits per heavy atom. The number of nitrogens with one attached hydrogen (secondary N) is 2. The van der Waals surface area contributed by atoms with Crippen molar-refractivity contribution in [3.8, 4) is 11.8 Å². The fourth-order valence-corrected chi connectivity index (χ4v) is 4.58. The predicted octanol–water partition coefficient (Wildman–Crippen LogP) is 2.32. The summed E-state index contributed by atoms with van der Waals surface area (Å²) in [4.78, 5) is 12.8. The van der Waals surface area contributed by atoms with Crippen LogP contribution in [-0.4, -0.2) is 31.5 Å². The van der Waals surface area contributed by atoms with Crippen molar-refractivity contribution in [1.82, 2.24) is 9.29 Å². The van der Waals surface area contributed by atoms with Gasteiger partial charge in [-0.2, -0.15) is 5.26 Å². The van der Waals surface area contributed by atoms with Gasteiger partial charge >= 0.3 is 0 Å². The maximum atomic E-state index is 12.9. The normalized spacial score (nSPS) is 18.5. The summed E-state index contributed by atoms with van der Waals surface area (Å²) < 4.78 is 35.4. The molecule has 2 N–H and O–H groups in total. The molecule has 8 nitrogen and oxygen atoms in total. The summed E-state index contributed by atoms with van der Waals surface area (Å²) in [7, 11) is -2.30. The number of carbonyl (C=O) groups excluding carboxylic acids is 1. The second-order valence-electron chi connectivity index (χ2n) is 7.01. The van der Waals surface area contributed by atoms with Gasteiger partial charge in [0.2, 0.25) is 10.0 Å². The Kier molecular flexibility index (Phi) is 5.50. The van der Waals surface area contributed by atoms with E-state index in [0.717, 1.165) is 5.56 Å². The molecule has 1 aromatic carbocycles. The zero-order chi connectivity index (χ0) is 21.3. The van der Waals surface area contributed by atoms with E-state index in [1.165, 1.54) is 10.8 Å². The number of fused-ring (bicyclic) bond motifs is 1. The summed E-state index contributed by atoms with van der Waals surface area (Å²) in [6.07, 6.45) is 2.99. The molecule has 1 amide bonds. The topological polar surface area (TPSA) is 113 Å². The van der Waals surface area contributed by atoms with Crippen molar-refractivity contribution in [2.45, 2.75) is 24.8 Å². The van der Waals surface area contributed by atoms with Crippen LogP contribution in [0.4, 0.5) is 5.69 Å². The van der Waals surface area contributed by atoms with E-state index in [0.29, 0.717) is 11.3 Å². The van der Waals surface area contributed by atoms with Gasteiger partial charge in [-0.1, -0.05) is 19.1 Å². The lowest BCUT2D eigenvalue weighted by Crippen LogP contribution is -2.41. The van der Waals surface area contributed by atoms with Crippen LogP contribution < -0.4 is 14.8 Å². The maximum absolute atomic E-state index is 12.9. The van der Waals surface area contributed by atoms with Crippen LogP contribution in [0.3, 0.4) is 0 Å². The second kappa shape index (κ2) is 7.73. The molecule has 0 bridgehead atoms. The van der Waals surface area contributed by atoms with Crippen LogP contribution in [-0.2, 0) is 17.1 Å². The van der Waals surface area contributed by atoms with Gasteiger partial charge in [0.1, 0.15) is 11.5 Å². The summed E-state index contributed by atoms with van der Waals surface area (Å²) in [5.74, 6) is -0.687. The Morgan fingerprint density at radius 1 is 1.52 bits per heavy atom. The van der Waals surface area contributed by atoms with Crippen LogP contribution in [0.1, 0.15) is 28.5 Å². The van der Waals surface area contributed by atoms with Gasteiger partial charge in [-0.25, -0.2) is 13.1 Å². The summed E-state index contributed by atoms with van der Waals surface area (Å²) in [5, 5.41) is 11.9. The molecule has 0 radical (unpaired) electrons. The van der Waals surface area contributed by atoms with Crippen molar-refractivity contribution in [3.05, 3.63) is 53.9 Å². The smallest absolute Gasteiger partial charge is 0.276 e. The van der Waals surface area contributed by atoms with E-state index < -0.39 is 22.0 Å². The first-order chi connectivity index (χ1) is 13.7. The lowest BCUT2D eigenvalue weighted by atomic mass is 10.0. The van der Waals surface area contributed by atoms with E-state index in [9.17, 15) is 18.5 Å². The third kappa shape index (κ3) is 3.90. The lowest BCUT2D eigenvalue weighted by molar-refractivity contribution is 0.101. The number of aromatic nitrogens is 1. The Labute approximate surface area is 169 Å². The molecule has 1 aromatic heterocycles. The van der Waals surface area contributed by atoms with Crippen molar-refractivity contribution < 1.29 is 17.9 Å². The number of hydrogen-bond acceptors (Lipinski definition) is 5. The molecule has 0 spiro atoms. The highest BCUT2D eigenvalue weighted by Crippen LogP contribution is 2.33. The first kappa shape index (κ1) is 20.6. The Hall–Kier alpha value is -3.09. The average Bonchev–Trinajstić information content (AvgIpc) is 2.96. The highest BCUT2D eigenvalue weighted by molar-refractivity contribution is 7.89. The standard InChI is InChI=1S/C20H22N4O4S/c1-5-12(2)16-11-28-19-17(29(26,27)23-16)10-24(4)18(19)20(25)22-15-7-6-13(3)14(8-15)9-21/h5-8,10,12,16,23H,1,11H2,2-4H3,(H,22,25). The minimum Gasteiger partial charge on any atom is -0.488 e. The number of ether oxygens (including phenoxy) is 1. The Bertz CT molecular complexity index is 1130. The largest absolute Gasteiger partial charge is 0.488 e. The Morgan fingerprint density at radius 3 is 2.90 bits per heavy atom. The lowest BCUT2D eigenvalue weighted by Gasteiger charge is -2.19. The number of amides is 1. The molecule has 0 aliphatic carbocycles. The molecular weight excluding hydrogens is 392 g/mol. The molecule has 1 aliphatic rings. The molecule has 2 atom stereocenters. The van der Waals surface area contributed by atoms with Crippen molar-refractivity contribution in [3.63, 3.8) is 0 Å². The third-order valence-corrected chi connectivity index (χ3v) is 6.43. The molecule has 1 aliphatic heterocycles. The number of rotatable bonds is 4. The van der Waals surface area contributed by atoms with Crippen molar-refractivity contribution in [2.75, 3.05) is 11.9 Å². The van der Waals surface area contributed by atoms with Crippen LogP contribution in [0, 0.1) is 24.2 Å². The van der Waals surface area contributed by atoms with Gasteiger partial charge < -0.3 is 14.6 Å². The highest BCUT2D eigenvalue weighted by atomic mass is 32.2. The van der Waals surface area contributed by atoms with Crippen LogP contribution in [0.25, 0.3) is 0 Å². The van der Waals surface area contributed by atoms with E-state index >= 15 is 0 Å². The number of benzene rings is 1. The van der Waals surface area contributed by atoms with Crippen LogP contribution in [0.15, 0.2) is 41.9 Å². The molecule has 0 saturated heterocycles. The Balaban J connectivity index is 1.97. The molecule has 29 heavy (non-hydrogen) atoms. The van der Waals surface area contributed by atoms with Gasteiger partial charge in [-0.3, -0.25) is 4.79 Å². The molecule has 2 unspecified atom stereocenters. The summed E-state index contributed by atoms with van der Waals surface area (Å²) in [6.45, 7) is 7.39. The average molecular weight is 414 g/mol. The van der Waals surface area contributed by atoms with Gasteiger partial charge in [0.15, 0.2) is 11.4 Å². The van der Waals surface area contributed by atoms with E-state index in [-0.39, 0.29) is 28.9 Å². The first-order valence-corrected chi connectivity index (χ1v) is 10.5. The monoisotopic (exact) mass is 414 g/mol. The number of aryl methyl sites for hydroxylation is 2. The predicted molar refractivity (Wildman–Crippen MR) is 108 cm³/mol. The molecule has 0 saturated carbocycles. The van der Waals surface area contributed by atoms with Gasteiger partial charge in [0.25, 0.3) is 5.91 Å². The minimum atomic E-state index is -3.87. The van der Waals surface area contributed by atoms with Gasteiger partial charge in [-0.05, 0) is 30.5 Å². The van der Waals surface area contributed by atoms with E-state index in [1.54, 1.807) is 38.2 Å². The molecule has 9 heteroatoms. The maximum Gasteiger partial charge on any atom is 0.276 e. The minimum absolute atomic E-state index is 0.00359. The number of nitriles is 1. The quantitative estimate of drug-likeness (QED) is 0.746. The number of nitrogens with zero attached hydrogens (tertiary/aromatic N) is 2. The number of sulfonamides is 1. The SMILES string of the molecule is C=CC(C)C1COc2c(cn(C)c2C(=O)Nc2ccc(C)c(C#N)c2)S(=O)(=O)N1. The third-order valence-electron chi connectivity index (χ3n) is 4.94. The van der Waals surface area contributed by atoms with Crippen LogP contribution in [0.2, 0.25) is 0 Å². The van der Waals surface area contributed by atoms with Gasteiger partial charge in [-0.15, -0.1) is 6.58 Å². The van der Waals surface area contributed by atoms with Crippen LogP contribution >= 0.6 is 0 Å². The van der Waals surface area contributed by atoms with E-state index in [4.69, 9.17) is 4.74 Å². The van der Waals surface area contributed by atoms with E-state index in [2.05, 4.69) is 22.7 Å². The van der Waals surface area contributed by atoms with Gasteiger partial charge in [0.05, 0.1) is 17.7 Å². The van der Waals surface area contributed by atoms with Crippen molar-refractivity contribution in [1.29, 1.82) is 5.26 Å². The summed E-state index contributed by atoms with van der Waals surface area (Å²) >= 11 is 0. The zero-order valence-corrected chi connectivity index (χ0v) is 17.2.